The monoisotopic (exact) mass is 972 g/mol. The van der Waals surface area contributed by atoms with E-state index in [9.17, 15) is 35.1 Å². The number of carbonyl (C=O) groups is 2. The number of aromatic nitrogens is 4. The summed E-state index contributed by atoms with van der Waals surface area (Å²) in [6.45, 7) is 17.4. The average molecular weight is 972 g/mol. The van der Waals surface area contributed by atoms with Crippen molar-refractivity contribution >= 4 is 22.7 Å². The van der Waals surface area contributed by atoms with Crippen molar-refractivity contribution in [2.75, 3.05) is 20.8 Å². The van der Waals surface area contributed by atoms with Crippen molar-refractivity contribution in [2.45, 2.75) is 192 Å². The van der Waals surface area contributed by atoms with Gasteiger partial charge in [-0.25, -0.2) is 4.68 Å². The fourth-order valence-electron chi connectivity index (χ4n) is 10.7. The van der Waals surface area contributed by atoms with Gasteiger partial charge in [-0.2, -0.15) is 0 Å². The minimum Gasteiger partial charge on any atom is -0.491 e. The maximum Gasteiger partial charge on any atom is 0.311 e. The number of hydrogen-bond acceptors (Lipinski definition) is 18. The molecule has 6 rings (SSSR count). The molecule has 3 fully saturated rings. The van der Waals surface area contributed by atoms with Crippen LogP contribution in [-0.2, 0) is 51.1 Å². The number of Topliss-reactive ketones (excluding diaryl/α,β-unsaturated/α-hetero) is 1. The molecule has 5 heterocycles. The summed E-state index contributed by atoms with van der Waals surface area (Å²) < 4.78 is 45.6. The summed E-state index contributed by atoms with van der Waals surface area (Å²) >= 11 is 0. The van der Waals surface area contributed by atoms with E-state index in [0.29, 0.717) is 31.8 Å². The molecule has 3 aromatic rings. The number of cyclic esters (lactones) is 1. The normalized spacial score (nSPS) is 39.8. The molecule has 0 aliphatic carbocycles. The highest BCUT2D eigenvalue weighted by Gasteiger charge is 2.53. The number of nitrogens with zero attached hydrogens (tertiary/aromatic N) is 5. The Morgan fingerprint density at radius 2 is 1.65 bits per heavy atom. The first-order valence-electron chi connectivity index (χ1n) is 24.4. The van der Waals surface area contributed by atoms with E-state index in [1.165, 1.54) is 27.9 Å². The zero-order valence-electron chi connectivity index (χ0n) is 42.3. The van der Waals surface area contributed by atoms with Gasteiger partial charge in [0.05, 0.1) is 65.4 Å². The number of ether oxygens (including phenoxy) is 7. The predicted molar refractivity (Wildman–Crippen MR) is 251 cm³/mol. The number of esters is 1. The van der Waals surface area contributed by atoms with Gasteiger partial charge in [0.15, 0.2) is 12.6 Å². The zero-order chi connectivity index (χ0) is 50.7. The molecule has 0 radical (unpaired) electrons. The quantitative estimate of drug-likeness (QED) is 0.154. The molecule has 0 spiro atoms. The fourth-order valence-corrected chi connectivity index (χ4v) is 10.7. The molecule has 0 bridgehead atoms. The minimum atomic E-state index is -2.03. The number of pyridine rings is 1. The Morgan fingerprint density at radius 1 is 0.928 bits per heavy atom. The van der Waals surface area contributed by atoms with Crippen LogP contribution < -0.4 is 4.74 Å². The van der Waals surface area contributed by atoms with Crippen LogP contribution in [0.1, 0.15) is 101 Å². The van der Waals surface area contributed by atoms with Crippen molar-refractivity contribution in [1.29, 1.82) is 0 Å². The maximum absolute atomic E-state index is 14.4. The third kappa shape index (κ3) is 12.1. The molecule has 1 aromatic carbocycles. The van der Waals surface area contributed by atoms with Gasteiger partial charge in [0, 0.05) is 61.7 Å². The Kier molecular flexibility index (Phi) is 17.7. The lowest BCUT2D eigenvalue weighted by Gasteiger charge is -2.49. The zero-order valence-corrected chi connectivity index (χ0v) is 42.3. The molecule has 5 N–H and O–H groups in total. The molecule has 3 aliphatic heterocycles. The van der Waals surface area contributed by atoms with Crippen LogP contribution in [0.25, 0.3) is 10.9 Å². The Labute approximate surface area is 405 Å². The van der Waals surface area contributed by atoms with E-state index in [0.717, 1.165) is 16.7 Å². The summed E-state index contributed by atoms with van der Waals surface area (Å²) in [5, 5.41) is 68.8. The van der Waals surface area contributed by atoms with Gasteiger partial charge in [0.1, 0.15) is 42.1 Å². The van der Waals surface area contributed by atoms with Crippen molar-refractivity contribution in [2.24, 2.45) is 23.7 Å². The fraction of sp³-hybridized carbons (Fsp3) is 0.740. The Morgan fingerprint density at radius 3 is 2.35 bits per heavy atom. The lowest BCUT2D eigenvalue weighted by Crippen LogP contribution is -2.61. The van der Waals surface area contributed by atoms with E-state index in [1.807, 2.05) is 55.4 Å². The highest BCUT2D eigenvalue weighted by molar-refractivity contribution is 5.85. The maximum atomic E-state index is 14.4. The first-order chi connectivity index (χ1) is 32.4. The number of likely N-dealkylation sites (N-methyl/N-ethyl adjacent to an activating group) is 1. The van der Waals surface area contributed by atoms with Crippen molar-refractivity contribution in [3.05, 3.63) is 48.4 Å². The molecule has 69 heavy (non-hydrogen) atoms. The molecule has 0 amide bonds. The van der Waals surface area contributed by atoms with Crippen LogP contribution in [-0.4, -0.2) is 167 Å². The van der Waals surface area contributed by atoms with Crippen molar-refractivity contribution in [3.8, 4) is 5.75 Å². The standard InChI is InChI=1S/C50H77N5O14/c1-13-38-50(10,62)43(58)29(4)40(56)27(2)23-48(8,61)45(30(5)42(31(6)46(60)67-38)68-39-24-49(9,63-12)44(59)32(7)66-39)69-47-41(57)36(22-28(3)65-47)54(11)25-33-26-55(53-52-33)20-21-64-37-18-14-17-35-34(37)16-15-19-51-35/h14-19,26-32,36,38-39,41-45,47,57-59,61-62H,13,20-25H2,1-12H3/t27-,28-,29+,30+,31-,32+,36+,38-,39+,41-,42+,43-,44+,45-,47+,48-,49-,50-/m1/s1. The van der Waals surface area contributed by atoms with Crippen molar-refractivity contribution in [3.63, 3.8) is 0 Å². The number of carbonyl (C=O) groups excluding carboxylic acids is 2. The molecular weight excluding hydrogens is 895 g/mol. The number of benzene rings is 1. The second kappa shape index (κ2) is 22.4. The van der Waals surface area contributed by atoms with Gasteiger partial charge in [0.2, 0.25) is 0 Å². The first-order valence-corrected chi connectivity index (χ1v) is 24.4. The summed E-state index contributed by atoms with van der Waals surface area (Å²) in [7, 11) is 3.34. The van der Waals surface area contributed by atoms with Gasteiger partial charge in [-0.1, -0.05) is 39.0 Å². The summed E-state index contributed by atoms with van der Waals surface area (Å²) in [5.41, 5.74) is -3.51. The highest BCUT2D eigenvalue weighted by Crippen LogP contribution is 2.41. The number of aliphatic hydroxyl groups is 5. The SMILES string of the molecule is CC[C@H]1OC(=O)[C@H](C)[C@@H](O[C@H]2C[C@@](C)(OC)[C@@H](O)[C@H](C)O2)[C@H](C)[C@@H](O[C@@H]2O[C@H](C)C[C@H](N(C)Cc3cn(CCOc4cccc5ncccc45)nn3)[C@H]2O)[C@](C)(O)C[C@@H](C)C(=O)[C@H](C)[C@@H](O)[C@]1(C)O. The second-order valence-electron chi connectivity index (χ2n) is 20.6. The second-order valence-corrected chi connectivity index (χ2v) is 20.6. The van der Waals surface area contributed by atoms with Gasteiger partial charge >= 0.3 is 5.97 Å². The van der Waals surface area contributed by atoms with Crippen molar-refractivity contribution < 1.29 is 68.3 Å². The van der Waals surface area contributed by atoms with Gasteiger partial charge in [-0.15, -0.1) is 5.10 Å². The Hall–Kier alpha value is -3.73. The Bertz CT molecular complexity index is 2170. The molecule has 0 unspecified atom stereocenters. The third-order valence-corrected chi connectivity index (χ3v) is 14.9. The smallest absolute Gasteiger partial charge is 0.311 e. The lowest BCUT2D eigenvalue weighted by molar-refractivity contribution is -0.318. The summed E-state index contributed by atoms with van der Waals surface area (Å²) in [5.74, 6) is -4.54. The van der Waals surface area contributed by atoms with Crippen LogP contribution in [0.4, 0.5) is 0 Å². The topological polar surface area (TPSA) is 247 Å². The number of methoxy groups -OCH3 is 1. The van der Waals surface area contributed by atoms with E-state index in [1.54, 1.807) is 52.4 Å². The molecule has 3 saturated heterocycles. The molecular formula is C50H77N5O14. The lowest BCUT2D eigenvalue weighted by atomic mass is 9.74. The van der Waals surface area contributed by atoms with E-state index in [-0.39, 0.29) is 19.3 Å². The van der Waals surface area contributed by atoms with E-state index in [4.69, 9.17) is 33.2 Å². The van der Waals surface area contributed by atoms with Crippen LogP contribution in [0.2, 0.25) is 0 Å². The number of aliphatic hydroxyl groups excluding tert-OH is 3. The summed E-state index contributed by atoms with van der Waals surface area (Å²) in [6, 6.07) is 9.03. The van der Waals surface area contributed by atoms with E-state index >= 15 is 0 Å². The largest absolute Gasteiger partial charge is 0.491 e. The molecule has 3 aliphatic rings. The number of hydrogen-bond donors (Lipinski definition) is 5. The average Bonchev–Trinajstić information content (AvgIpc) is 3.76. The van der Waals surface area contributed by atoms with Crippen LogP contribution in [0.5, 0.6) is 5.75 Å². The van der Waals surface area contributed by atoms with Crippen LogP contribution in [0.15, 0.2) is 42.7 Å². The van der Waals surface area contributed by atoms with Gasteiger partial charge < -0.3 is 58.7 Å². The van der Waals surface area contributed by atoms with Crippen molar-refractivity contribution in [1.82, 2.24) is 24.9 Å². The van der Waals surface area contributed by atoms with Gasteiger partial charge in [-0.3, -0.25) is 19.5 Å². The van der Waals surface area contributed by atoms with Crippen LogP contribution in [0.3, 0.4) is 0 Å². The van der Waals surface area contributed by atoms with Crippen LogP contribution in [0, 0.1) is 23.7 Å². The molecule has 18 atom stereocenters. The molecule has 386 valence electrons. The number of ketones is 1. The highest BCUT2D eigenvalue weighted by atomic mass is 16.7. The molecule has 2 aromatic heterocycles. The van der Waals surface area contributed by atoms with E-state index < -0.39 is 120 Å². The predicted octanol–water partition coefficient (Wildman–Crippen LogP) is 3.57. The van der Waals surface area contributed by atoms with Gasteiger partial charge in [-0.05, 0) is 92.1 Å². The molecule has 0 saturated carbocycles. The number of rotatable bonds is 13. The molecule has 19 heteroatoms. The first kappa shape index (κ1) is 54.6. The molecule has 19 nitrogen and oxygen atoms in total. The van der Waals surface area contributed by atoms with Crippen LogP contribution >= 0.6 is 0 Å². The van der Waals surface area contributed by atoms with Gasteiger partial charge in [0.25, 0.3) is 0 Å². The van der Waals surface area contributed by atoms with E-state index in [2.05, 4.69) is 15.3 Å². The number of fused-ring (bicyclic) bond motifs is 1. The Balaban J connectivity index is 1.26. The summed E-state index contributed by atoms with van der Waals surface area (Å²) in [4.78, 5) is 34.8. The summed E-state index contributed by atoms with van der Waals surface area (Å²) in [6.07, 6.45) is -7.14. The third-order valence-electron chi connectivity index (χ3n) is 14.9. The minimum absolute atomic E-state index is 0.0599.